The standard InChI is InChI=1S/C61H45N/c1-59(2)49-27-11-8-23-46(49)58-53(59)31-17-33-56(58)62(40-34-35-45-42-20-5-10-26-48(42)60(3,4)55(45)37-40)39-19-15-18-38(36-39)41-25-16-32-54-57(41)47-24-9-14-30-52(47)61(54)50-28-12-6-21-43(50)44-22-7-13-29-51(44)61/h5-37H,1-4H3. The van der Waals surface area contributed by atoms with Crippen molar-refractivity contribution >= 4 is 17.1 Å². The lowest BCUT2D eigenvalue weighted by atomic mass is 9.70. The molecule has 0 saturated heterocycles. The van der Waals surface area contributed by atoms with Gasteiger partial charge in [0.1, 0.15) is 0 Å². The van der Waals surface area contributed by atoms with Gasteiger partial charge in [0, 0.05) is 27.8 Å². The average Bonchev–Trinajstić information content (AvgIpc) is 3.95. The van der Waals surface area contributed by atoms with Crippen LogP contribution >= 0.6 is 0 Å². The summed E-state index contributed by atoms with van der Waals surface area (Å²) in [7, 11) is 0. The molecule has 1 spiro atoms. The Balaban J connectivity index is 1.05. The van der Waals surface area contributed by atoms with E-state index < -0.39 is 5.41 Å². The van der Waals surface area contributed by atoms with Gasteiger partial charge in [0.2, 0.25) is 0 Å². The van der Waals surface area contributed by atoms with Gasteiger partial charge in [-0.25, -0.2) is 0 Å². The predicted octanol–water partition coefficient (Wildman–Crippen LogP) is 15.8. The molecule has 0 aromatic heterocycles. The van der Waals surface area contributed by atoms with E-state index in [0.717, 1.165) is 5.69 Å². The van der Waals surface area contributed by atoms with E-state index in [1.54, 1.807) is 0 Å². The molecule has 0 amide bonds. The van der Waals surface area contributed by atoms with Crippen molar-refractivity contribution in [2.75, 3.05) is 4.90 Å². The van der Waals surface area contributed by atoms with Gasteiger partial charge >= 0.3 is 0 Å². The maximum atomic E-state index is 2.54. The molecule has 0 unspecified atom stereocenters. The number of rotatable bonds is 4. The van der Waals surface area contributed by atoms with Crippen molar-refractivity contribution in [2.45, 2.75) is 43.9 Å². The van der Waals surface area contributed by atoms with Crippen LogP contribution in [0.4, 0.5) is 17.1 Å². The van der Waals surface area contributed by atoms with Crippen molar-refractivity contribution < 1.29 is 0 Å². The molecule has 13 rings (SSSR count). The Morgan fingerprint density at radius 2 is 0.726 bits per heavy atom. The van der Waals surface area contributed by atoms with Crippen LogP contribution in [0.2, 0.25) is 0 Å². The summed E-state index contributed by atoms with van der Waals surface area (Å²) >= 11 is 0. The Kier molecular flexibility index (Phi) is 7.12. The third-order valence-electron chi connectivity index (χ3n) is 15.1. The lowest BCUT2D eigenvalue weighted by Gasteiger charge is -2.31. The molecule has 62 heavy (non-hydrogen) atoms. The molecule has 0 aliphatic heterocycles. The van der Waals surface area contributed by atoms with Crippen LogP contribution in [0.1, 0.15) is 72.2 Å². The second-order valence-electron chi connectivity index (χ2n) is 18.8. The highest BCUT2D eigenvalue weighted by Crippen LogP contribution is 2.64. The molecule has 0 radical (unpaired) electrons. The van der Waals surface area contributed by atoms with E-state index in [1.165, 1.54) is 112 Å². The zero-order chi connectivity index (χ0) is 41.5. The van der Waals surface area contributed by atoms with Gasteiger partial charge in [-0.2, -0.15) is 0 Å². The van der Waals surface area contributed by atoms with Crippen LogP contribution in [0.25, 0.3) is 55.6 Å². The Bertz CT molecular complexity index is 3330. The van der Waals surface area contributed by atoms with Crippen molar-refractivity contribution in [3.05, 3.63) is 245 Å². The fourth-order valence-corrected chi connectivity index (χ4v) is 12.4. The zero-order valence-electron chi connectivity index (χ0n) is 35.5. The van der Waals surface area contributed by atoms with E-state index in [9.17, 15) is 0 Å². The van der Waals surface area contributed by atoms with E-state index >= 15 is 0 Å². The van der Waals surface area contributed by atoms with Gasteiger partial charge in [0.05, 0.1) is 11.1 Å². The third kappa shape index (κ3) is 4.43. The minimum absolute atomic E-state index is 0.123. The molecule has 0 N–H and O–H groups in total. The molecule has 0 saturated carbocycles. The normalized spacial score (nSPS) is 15.5. The summed E-state index contributed by atoms with van der Waals surface area (Å²) in [6, 6.07) is 75.8. The number of benzene rings is 9. The number of nitrogens with zero attached hydrogens (tertiary/aromatic N) is 1. The zero-order valence-corrected chi connectivity index (χ0v) is 35.5. The second kappa shape index (κ2) is 12.4. The first-order valence-corrected chi connectivity index (χ1v) is 22.1. The fraction of sp³-hybridized carbons (Fsp3) is 0.115. The van der Waals surface area contributed by atoms with Gasteiger partial charge in [0.15, 0.2) is 0 Å². The molecule has 9 aromatic rings. The second-order valence-corrected chi connectivity index (χ2v) is 18.8. The van der Waals surface area contributed by atoms with Gasteiger partial charge < -0.3 is 4.90 Å². The van der Waals surface area contributed by atoms with E-state index in [-0.39, 0.29) is 10.8 Å². The molecule has 294 valence electrons. The summed E-state index contributed by atoms with van der Waals surface area (Å²) in [5, 5.41) is 0. The van der Waals surface area contributed by atoms with E-state index in [4.69, 9.17) is 0 Å². The lowest BCUT2D eigenvalue weighted by Crippen LogP contribution is -2.25. The van der Waals surface area contributed by atoms with Crippen molar-refractivity contribution in [1.29, 1.82) is 0 Å². The Hall–Kier alpha value is -7.22. The van der Waals surface area contributed by atoms with Crippen molar-refractivity contribution in [2.24, 2.45) is 0 Å². The largest absolute Gasteiger partial charge is 0.310 e. The lowest BCUT2D eigenvalue weighted by molar-refractivity contribution is 0.660. The first kappa shape index (κ1) is 35.5. The minimum Gasteiger partial charge on any atom is -0.310 e. The van der Waals surface area contributed by atoms with E-state index in [1.807, 2.05) is 0 Å². The average molecular weight is 792 g/mol. The summed E-state index contributed by atoms with van der Waals surface area (Å²) in [6.07, 6.45) is 0. The summed E-state index contributed by atoms with van der Waals surface area (Å²) in [5.74, 6) is 0. The maximum Gasteiger partial charge on any atom is 0.0725 e. The maximum absolute atomic E-state index is 2.54. The van der Waals surface area contributed by atoms with Crippen LogP contribution in [-0.4, -0.2) is 0 Å². The minimum atomic E-state index is -0.391. The summed E-state index contributed by atoms with van der Waals surface area (Å²) in [4.78, 5) is 2.54. The van der Waals surface area contributed by atoms with Gasteiger partial charge in [0.25, 0.3) is 0 Å². The van der Waals surface area contributed by atoms with Crippen molar-refractivity contribution in [3.8, 4) is 55.6 Å². The SMILES string of the molecule is CC1(C)c2ccccc2-c2ccc(N(c3cccc(-c4cccc5c4-c4ccccc4C54c5ccccc5-c5ccccc54)c3)c3cccc4c3-c3ccccc3C4(C)C)cc21. The van der Waals surface area contributed by atoms with E-state index in [2.05, 4.69) is 233 Å². The summed E-state index contributed by atoms with van der Waals surface area (Å²) < 4.78 is 0. The molecule has 9 aromatic carbocycles. The Morgan fingerprint density at radius 1 is 0.290 bits per heavy atom. The van der Waals surface area contributed by atoms with Gasteiger partial charge in [-0.05, 0) is 125 Å². The molecule has 4 aliphatic rings. The molecular weight excluding hydrogens is 747 g/mol. The van der Waals surface area contributed by atoms with Crippen LogP contribution in [0.15, 0.2) is 200 Å². The van der Waals surface area contributed by atoms with Crippen LogP contribution < -0.4 is 4.90 Å². The quantitative estimate of drug-likeness (QED) is 0.172. The molecule has 1 heteroatoms. The molecular formula is C61H45N. The molecule has 0 heterocycles. The summed E-state index contributed by atoms with van der Waals surface area (Å²) in [5.41, 5.74) is 26.9. The Labute approximate surface area is 364 Å². The van der Waals surface area contributed by atoms with Gasteiger partial charge in [-0.1, -0.05) is 198 Å². The number of anilines is 3. The number of hydrogen-bond acceptors (Lipinski definition) is 1. The molecule has 0 fully saturated rings. The van der Waals surface area contributed by atoms with Crippen molar-refractivity contribution in [1.82, 2.24) is 0 Å². The first-order chi connectivity index (χ1) is 30.3. The van der Waals surface area contributed by atoms with Crippen LogP contribution in [0, 0.1) is 0 Å². The summed E-state index contributed by atoms with van der Waals surface area (Å²) in [6.45, 7) is 9.52. The predicted molar refractivity (Wildman–Crippen MR) is 258 cm³/mol. The number of fused-ring (bicyclic) bond motifs is 16. The molecule has 0 bridgehead atoms. The Morgan fingerprint density at radius 3 is 1.40 bits per heavy atom. The monoisotopic (exact) mass is 791 g/mol. The smallest absolute Gasteiger partial charge is 0.0725 e. The van der Waals surface area contributed by atoms with Crippen LogP contribution in [-0.2, 0) is 16.2 Å². The number of hydrogen-bond donors (Lipinski definition) is 0. The highest BCUT2D eigenvalue weighted by atomic mass is 15.1. The highest BCUT2D eigenvalue weighted by Gasteiger charge is 2.52. The molecule has 0 atom stereocenters. The van der Waals surface area contributed by atoms with Crippen LogP contribution in [0.5, 0.6) is 0 Å². The van der Waals surface area contributed by atoms with Crippen molar-refractivity contribution in [3.63, 3.8) is 0 Å². The first-order valence-electron chi connectivity index (χ1n) is 22.1. The topological polar surface area (TPSA) is 3.24 Å². The van der Waals surface area contributed by atoms with E-state index in [0.29, 0.717) is 0 Å². The molecule has 1 nitrogen and oxygen atoms in total. The van der Waals surface area contributed by atoms with Crippen LogP contribution in [0.3, 0.4) is 0 Å². The molecule has 4 aliphatic carbocycles. The fourth-order valence-electron chi connectivity index (χ4n) is 12.4. The third-order valence-corrected chi connectivity index (χ3v) is 15.1. The van der Waals surface area contributed by atoms with Gasteiger partial charge in [-0.3, -0.25) is 0 Å². The highest BCUT2D eigenvalue weighted by molar-refractivity contribution is 6.01. The van der Waals surface area contributed by atoms with Gasteiger partial charge in [-0.15, -0.1) is 0 Å².